The first kappa shape index (κ1) is 17.3. The van der Waals surface area contributed by atoms with Gasteiger partial charge in [0.2, 0.25) is 5.91 Å². The Bertz CT molecular complexity index is 738. The molecule has 0 spiro atoms. The summed E-state index contributed by atoms with van der Waals surface area (Å²) in [6, 6.07) is 3.55. The number of ether oxygens (including phenoxy) is 1. The zero-order valence-electron chi connectivity index (χ0n) is 13.8. The summed E-state index contributed by atoms with van der Waals surface area (Å²) in [4.78, 5) is 13.8. The highest BCUT2D eigenvalue weighted by Crippen LogP contribution is 2.26. The van der Waals surface area contributed by atoms with Crippen molar-refractivity contribution in [1.82, 2.24) is 20.1 Å². The van der Waals surface area contributed by atoms with Crippen LogP contribution in [0.5, 0.6) is 0 Å². The Labute approximate surface area is 150 Å². The molecule has 1 fully saturated rings. The van der Waals surface area contributed by atoms with Crippen molar-refractivity contribution in [3.8, 4) is 10.7 Å². The second kappa shape index (κ2) is 7.58. The number of H-pyrrole nitrogens is 1. The standard InChI is InChI=1S/C16H22N4O2S2/c1-10(15(21)17-11-6-3-4-7-12(11)22-2)20-14(18-19-16(20)23)13-8-5-9-24-13/h5,8-12H,3-4,6-7H2,1-2H3,(H,17,21)(H,19,23). The van der Waals surface area contributed by atoms with E-state index in [1.54, 1.807) is 23.0 Å². The predicted molar refractivity (Wildman–Crippen MR) is 96.6 cm³/mol. The molecule has 3 atom stereocenters. The van der Waals surface area contributed by atoms with Crippen molar-refractivity contribution < 1.29 is 9.53 Å². The number of nitrogens with one attached hydrogen (secondary N) is 2. The lowest BCUT2D eigenvalue weighted by molar-refractivity contribution is -0.126. The lowest BCUT2D eigenvalue weighted by atomic mass is 9.92. The summed E-state index contributed by atoms with van der Waals surface area (Å²) in [5.41, 5.74) is 0. The third kappa shape index (κ3) is 3.45. The van der Waals surface area contributed by atoms with Gasteiger partial charge in [-0.2, -0.15) is 5.10 Å². The second-order valence-electron chi connectivity index (χ2n) is 6.05. The fraction of sp³-hybridized carbons (Fsp3) is 0.562. The molecule has 1 saturated carbocycles. The summed E-state index contributed by atoms with van der Waals surface area (Å²) in [6.45, 7) is 1.85. The summed E-state index contributed by atoms with van der Waals surface area (Å²) in [7, 11) is 1.71. The summed E-state index contributed by atoms with van der Waals surface area (Å²) in [6.07, 6.45) is 4.29. The van der Waals surface area contributed by atoms with E-state index in [9.17, 15) is 4.79 Å². The van der Waals surface area contributed by atoms with E-state index in [1.807, 2.05) is 24.4 Å². The molecule has 0 bridgehead atoms. The smallest absolute Gasteiger partial charge is 0.243 e. The maximum atomic E-state index is 12.8. The molecule has 1 aliphatic carbocycles. The van der Waals surface area contributed by atoms with Crippen molar-refractivity contribution in [2.24, 2.45) is 0 Å². The third-order valence-corrected chi connectivity index (χ3v) is 5.70. The largest absolute Gasteiger partial charge is 0.379 e. The van der Waals surface area contributed by atoms with Crippen molar-refractivity contribution in [3.05, 3.63) is 22.3 Å². The zero-order valence-corrected chi connectivity index (χ0v) is 15.5. The van der Waals surface area contributed by atoms with Crippen LogP contribution in [0.1, 0.15) is 38.6 Å². The Morgan fingerprint density at radius 2 is 2.33 bits per heavy atom. The molecule has 2 aromatic heterocycles. The van der Waals surface area contributed by atoms with Crippen molar-refractivity contribution in [1.29, 1.82) is 0 Å². The van der Waals surface area contributed by atoms with E-state index in [2.05, 4.69) is 15.5 Å². The van der Waals surface area contributed by atoms with Gasteiger partial charge in [-0.15, -0.1) is 11.3 Å². The number of hydrogen-bond donors (Lipinski definition) is 2. The molecule has 2 N–H and O–H groups in total. The van der Waals surface area contributed by atoms with E-state index >= 15 is 0 Å². The molecule has 0 saturated heterocycles. The summed E-state index contributed by atoms with van der Waals surface area (Å²) in [5.74, 6) is 0.642. The number of aromatic nitrogens is 3. The van der Waals surface area contributed by atoms with Crippen molar-refractivity contribution in [3.63, 3.8) is 0 Å². The third-order valence-electron chi connectivity index (χ3n) is 4.55. The normalized spacial score (nSPS) is 22.2. The van der Waals surface area contributed by atoms with Crippen LogP contribution in [0.15, 0.2) is 17.5 Å². The Kier molecular flexibility index (Phi) is 5.47. The molecule has 0 radical (unpaired) electrons. The summed E-state index contributed by atoms with van der Waals surface area (Å²) < 4.78 is 7.75. The number of amides is 1. The molecular formula is C16H22N4O2S2. The zero-order chi connectivity index (χ0) is 17.1. The molecule has 130 valence electrons. The highest BCUT2D eigenvalue weighted by Gasteiger charge is 2.29. The molecular weight excluding hydrogens is 344 g/mol. The molecule has 3 rings (SSSR count). The van der Waals surface area contributed by atoms with Crippen LogP contribution in [0.3, 0.4) is 0 Å². The summed E-state index contributed by atoms with van der Waals surface area (Å²) >= 11 is 6.91. The van der Waals surface area contributed by atoms with Crippen LogP contribution in [-0.4, -0.2) is 39.9 Å². The lowest BCUT2D eigenvalue weighted by Gasteiger charge is -2.32. The van der Waals surface area contributed by atoms with Crippen LogP contribution in [-0.2, 0) is 9.53 Å². The topological polar surface area (TPSA) is 71.9 Å². The highest BCUT2D eigenvalue weighted by atomic mass is 32.1. The van der Waals surface area contributed by atoms with Gasteiger partial charge in [0.1, 0.15) is 6.04 Å². The van der Waals surface area contributed by atoms with E-state index < -0.39 is 6.04 Å². The number of nitrogens with zero attached hydrogens (tertiary/aromatic N) is 2. The average Bonchev–Trinajstić information content (AvgIpc) is 3.24. The minimum atomic E-state index is -0.437. The Balaban J connectivity index is 1.79. The van der Waals surface area contributed by atoms with Gasteiger partial charge in [-0.3, -0.25) is 14.5 Å². The first-order valence-corrected chi connectivity index (χ1v) is 9.44. The fourth-order valence-electron chi connectivity index (χ4n) is 3.21. The molecule has 8 heteroatoms. The molecule has 6 nitrogen and oxygen atoms in total. The molecule has 3 unspecified atom stereocenters. The first-order chi connectivity index (χ1) is 11.6. The molecule has 2 heterocycles. The fourth-order valence-corrected chi connectivity index (χ4v) is 4.21. The number of thiophene rings is 1. The Hall–Kier alpha value is -1.51. The lowest BCUT2D eigenvalue weighted by Crippen LogP contribution is -2.47. The predicted octanol–water partition coefficient (Wildman–Crippen LogP) is 3.30. The molecule has 1 aliphatic rings. The van der Waals surface area contributed by atoms with Crippen LogP contribution in [0, 0.1) is 4.77 Å². The van der Waals surface area contributed by atoms with Gasteiger partial charge in [0.15, 0.2) is 10.6 Å². The van der Waals surface area contributed by atoms with Crippen molar-refractivity contribution in [2.75, 3.05) is 7.11 Å². The first-order valence-electron chi connectivity index (χ1n) is 8.15. The number of methoxy groups -OCH3 is 1. The van der Waals surface area contributed by atoms with E-state index in [0.717, 1.165) is 30.6 Å². The number of aromatic amines is 1. The number of hydrogen-bond acceptors (Lipinski definition) is 5. The van der Waals surface area contributed by atoms with Gasteiger partial charge >= 0.3 is 0 Å². The minimum Gasteiger partial charge on any atom is -0.379 e. The highest BCUT2D eigenvalue weighted by molar-refractivity contribution is 7.71. The van der Waals surface area contributed by atoms with Gasteiger partial charge in [0.05, 0.1) is 17.0 Å². The van der Waals surface area contributed by atoms with Gasteiger partial charge < -0.3 is 10.1 Å². The second-order valence-corrected chi connectivity index (χ2v) is 7.38. The van der Waals surface area contributed by atoms with Crippen LogP contribution in [0.2, 0.25) is 0 Å². The molecule has 0 aromatic carbocycles. The minimum absolute atomic E-state index is 0.0562. The number of carbonyl (C=O) groups is 1. The maximum Gasteiger partial charge on any atom is 0.243 e. The van der Waals surface area contributed by atoms with Crippen molar-refractivity contribution in [2.45, 2.75) is 50.8 Å². The van der Waals surface area contributed by atoms with Gasteiger partial charge in [0, 0.05) is 7.11 Å². The van der Waals surface area contributed by atoms with E-state index in [1.165, 1.54) is 0 Å². The van der Waals surface area contributed by atoms with Crippen LogP contribution < -0.4 is 5.32 Å². The van der Waals surface area contributed by atoms with Gasteiger partial charge in [-0.05, 0) is 43.4 Å². The Morgan fingerprint density at radius 1 is 1.54 bits per heavy atom. The van der Waals surface area contributed by atoms with E-state index in [0.29, 0.717) is 10.6 Å². The van der Waals surface area contributed by atoms with Gasteiger partial charge in [-0.1, -0.05) is 18.9 Å². The van der Waals surface area contributed by atoms with Crippen LogP contribution >= 0.6 is 23.6 Å². The van der Waals surface area contributed by atoms with E-state index in [-0.39, 0.29) is 18.1 Å². The Morgan fingerprint density at radius 3 is 3.04 bits per heavy atom. The van der Waals surface area contributed by atoms with Crippen LogP contribution in [0.4, 0.5) is 0 Å². The number of carbonyl (C=O) groups excluding carboxylic acids is 1. The van der Waals surface area contributed by atoms with E-state index in [4.69, 9.17) is 17.0 Å². The molecule has 24 heavy (non-hydrogen) atoms. The summed E-state index contributed by atoms with van der Waals surface area (Å²) in [5, 5.41) is 12.2. The number of rotatable bonds is 5. The van der Waals surface area contributed by atoms with Gasteiger partial charge in [-0.25, -0.2) is 0 Å². The molecule has 0 aliphatic heterocycles. The quantitative estimate of drug-likeness (QED) is 0.797. The molecule has 2 aromatic rings. The SMILES string of the molecule is COC1CCCCC1NC(=O)C(C)n1c(-c2cccs2)n[nH]c1=S. The average molecular weight is 367 g/mol. The molecule has 1 amide bonds. The van der Waals surface area contributed by atoms with Gasteiger partial charge in [0.25, 0.3) is 0 Å². The van der Waals surface area contributed by atoms with Crippen LogP contribution in [0.25, 0.3) is 10.7 Å². The monoisotopic (exact) mass is 366 g/mol. The van der Waals surface area contributed by atoms with Crippen molar-refractivity contribution >= 4 is 29.5 Å². The maximum absolute atomic E-state index is 12.8.